The number of hydrogen-bond acceptors (Lipinski definition) is 5. The van der Waals surface area contributed by atoms with E-state index >= 15 is 0 Å². The lowest BCUT2D eigenvalue weighted by atomic mass is 10.2. The van der Waals surface area contributed by atoms with E-state index in [0.29, 0.717) is 22.3 Å². The van der Waals surface area contributed by atoms with Gasteiger partial charge in [-0.15, -0.1) is 5.10 Å². The van der Waals surface area contributed by atoms with Crippen molar-refractivity contribution >= 4 is 17.5 Å². The molecule has 2 aromatic heterocycles. The minimum Gasteiger partial charge on any atom is -0.294 e. The Balaban J connectivity index is 2.40. The first-order valence-corrected chi connectivity index (χ1v) is 6.24. The summed E-state index contributed by atoms with van der Waals surface area (Å²) in [5.74, 6) is -0.0634. The quantitative estimate of drug-likeness (QED) is 0.843. The molecular formula is C11H12N4O2S. The molecule has 0 aromatic carbocycles. The lowest BCUT2D eigenvalue weighted by Gasteiger charge is -2.04. The zero-order valence-electron chi connectivity index (χ0n) is 10.0. The number of aromatic amines is 1. The van der Waals surface area contributed by atoms with Gasteiger partial charge in [0.15, 0.2) is 10.9 Å². The summed E-state index contributed by atoms with van der Waals surface area (Å²) in [7, 11) is 0. The van der Waals surface area contributed by atoms with Gasteiger partial charge in [-0.2, -0.15) is 0 Å². The number of Topliss-reactive ketones (excluding diaryl/α,β-unsaturated/α-hetero) is 1. The fourth-order valence-electron chi connectivity index (χ4n) is 1.49. The van der Waals surface area contributed by atoms with Gasteiger partial charge in [-0.05, 0) is 37.7 Å². The fraction of sp³-hybridized carbons (Fsp3) is 0.273. The molecule has 6 nitrogen and oxygen atoms in total. The summed E-state index contributed by atoms with van der Waals surface area (Å²) in [5, 5.41) is 7.36. The highest BCUT2D eigenvalue weighted by Gasteiger charge is 2.14. The molecule has 0 aliphatic carbocycles. The molecule has 0 unspecified atom stereocenters. The number of pyridine rings is 1. The molecule has 0 fully saturated rings. The number of carbonyl (C=O) groups excluding carboxylic acids is 1. The van der Waals surface area contributed by atoms with Crippen molar-refractivity contribution in [2.75, 3.05) is 0 Å². The van der Waals surface area contributed by atoms with Crippen LogP contribution in [0.25, 0.3) is 0 Å². The summed E-state index contributed by atoms with van der Waals surface area (Å²) in [4.78, 5) is 27.0. The van der Waals surface area contributed by atoms with E-state index in [9.17, 15) is 9.59 Å². The summed E-state index contributed by atoms with van der Waals surface area (Å²) in [5.41, 5.74) is 0.265. The van der Waals surface area contributed by atoms with Gasteiger partial charge in [0.2, 0.25) is 0 Å². The van der Waals surface area contributed by atoms with Crippen molar-refractivity contribution in [3.63, 3.8) is 0 Å². The van der Waals surface area contributed by atoms with Crippen molar-refractivity contribution in [3.05, 3.63) is 34.4 Å². The topological polar surface area (TPSA) is 80.6 Å². The van der Waals surface area contributed by atoms with Crippen LogP contribution in [0.1, 0.15) is 24.2 Å². The Bertz CT molecular complexity index is 632. The molecule has 0 aliphatic rings. The zero-order valence-corrected chi connectivity index (χ0v) is 10.8. The molecule has 94 valence electrons. The standard InChI is InChI=1S/C11H12N4O2S/c1-3-15-10(17)13-14-11(15)18-9-8(7(2)16)5-4-6-12-9/h4-6H,3H2,1-2H3,(H,13,17). The third kappa shape index (κ3) is 2.35. The van der Waals surface area contributed by atoms with E-state index in [2.05, 4.69) is 15.2 Å². The molecule has 0 atom stereocenters. The fourth-order valence-corrected chi connectivity index (χ4v) is 2.51. The Morgan fingerprint density at radius 1 is 1.56 bits per heavy atom. The predicted molar refractivity (Wildman–Crippen MR) is 66.9 cm³/mol. The van der Waals surface area contributed by atoms with E-state index in [1.54, 1.807) is 18.3 Å². The van der Waals surface area contributed by atoms with Crippen LogP contribution in [0.2, 0.25) is 0 Å². The number of rotatable bonds is 4. The SMILES string of the molecule is CCn1c(Sc2ncccc2C(C)=O)n[nH]c1=O. The number of aromatic nitrogens is 4. The lowest BCUT2D eigenvalue weighted by Crippen LogP contribution is -2.16. The molecule has 18 heavy (non-hydrogen) atoms. The minimum absolute atomic E-state index is 0.0634. The summed E-state index contributed by atoms with van der Waals surface area (Å²) in [6.45, 7) is 3.85. The molecule has 1 N–H and O–H groups in total. The molecule has 0 saturated carbocycles. The normalized spacial score (nSPS) is 10.6. The van der Waals surface area contributed by atoms with Crippen LogP contribution in [-0.2, 0) is 6.54 Å². The Hall–Kier alpha value is -1.89. The highest BCUT2D eigenvalue weighted by Crippen LogP contribution is 2.26. The Kier molecular flexibility index (Phi) is 3.61. The van der Waals surface area contributed by atoms with Crippen LogP contribution in [-0.4, -0.2) is 25.5 Å². The maximum absolute atomic E-state index is 11.5. The Morgan fingerprint density at radius 2 is 2.33 bits per heavy atom. The Labute approximate surface area is 107 Å². The number of H-pyrrole nitrogens is 1. The van der Waals surface area contributed by atoms with E-state index in [1.807, 2.05) is 6.92 Å². The van der Waals surface area contributed by atoms with Gasteiger partial charge in [-0.25, -0.2) is 14.9 Å². The van der Waals surface area contributed by atoms with Gasteiger partial charge in [0, 0.05) is 18.3 Å². The van der Waals surface area contributed by atoms with Gasteiger partial charge in [0.25, 0.3) is 0 Å². The second-order valence-electron chi connectivity index (χ2n) is 3.57. The summed E-state index contributed by atoms with van der Waals surface area (Å²) in [6, 6.07) is 3.41. The van der Waals surface area contributed by atoms with Crippen LogP contribution in [0, 0.1) is 0 Å². The van der Waals surface area contributed by atoms with Crippen molar-refractivity contribution in [2.45, 2.75) is 30.6 Å². The van der Waals surface area contributed by atoms with Crippen LogP contribution < -0.4 is 5.69 Å². The third-order valence-corrected chi connectivity index (χ3v) is 3.39. The second kappa shape index (κ2) is 5.18. The molecule has 0 radical (unpaired) electrons. The summed E-state index contributed by atoms with van der Waals surface area (Å²) < 4.78 is 1.49. The minimum atomic E-state index is -0.264. The van der Waals surface area contributed by atoms with Crippen molar-refractivity contribution in [2.24, 2.45) is 0 Å². The van der Waals surface area contributed by atoms with Crippen LogP contribution in [0.3, 0.4) is 0 Å². The lowest BCUT2D eigenvalue weighted by molar-refractivity contribution is 0.101. The Morgan fingerprint density at radius 3 is 3.00 bits per heavy atom. The van der Waals surface area contributed by atoms with Gasteiger partial charge in [0.05, 0.1) is 0 Å². The second-order valence-corrected chi connectivity index (χ2v) is 4.53. The van der Waals surface area contributed by atoms with Gasteiger partial charge >= 0.3 is 5.69 Å². The molecule has 2 heterocycles. The molecule has 0 aliphatic heterocycles. The van der Waals surface area contributed by atoms with Crippen molar-refractivity contribution in [3.8, 4) is 0 Å². The largest absolute Gasteiger partial charge is 0.343 e. The number of hydrogen-bond donors (Lipinski definition) is 1. The van der Waals surface area contributed by atoms with Gasteiger partial charge in [-0.3, -0.25) is 9.36 Å². The van der Waals surface area contributed by atoms with Crippen LogP contribution >= 0.6 is 11.8 Å². The molecule has 0 spiro atoms. The summed E-state index contributed by atoms with van der Waals surface area (Å²) >= 11 is 1.20. The van der Waals surface area contributed by atoms with Crippen LogP contribution in [0.4, 0.5) is 0 Å². The molecule has 2 aromatic rings. The summed E-state index contributed by atoms with van der Waals surface area (Å²) in [6.07, 6.45) is 1.61. The smallest absolute Gasteiger partial charge is 0.294 e. The van der Waals surface area contributed by atoms with E-state index in [0.717, 1.165) is 0 Å². The van der Waals surface area contributed by atoms with E-state index in [4.69, 9.17) is 0 Å². The third-order valence-electron chi connectivity index (χ3n) is 2.38. The van der Waals surface area contributed by atoms with E-state index in [1.165, 1.54) is 23.3 Å². The van der Waals surface area contributed by atoms with Gasteiger partial charge in [-0.1, -0.05) is 0 Å². The van der Waals surface area contributed by atoms with Crippen molar-refractivity contribution < 1.29 is 4.79 Å². The maximum atomic E-state index is 11.5. The monoisotopic (exact) mass is 264 g/mol. The van der Waals surface area contributed by atoms with Crippen LogP contribution in [0.5, 0.6) is 0 Å². The van der Waals surface area contributed by atoms with Crippen molar-refractivity contribution in [1.29, 1.82) is 0 Å². The average Bonchev–Trinajstić information content (AvgIpc) is 2.70. The molecule has 7 heteroatoms. The molecular weight excluding hydrogens is 252 g/mol. The van der Waals surface area contributed by atoms with Crippen molar-refractivity contribution in [1.82, 2.24) is 19.7 Å². The van der Waals surface area contributed by atoms with E-state index < -0.39 is 0 Å². The highest BCUT2D eigenvalue weighted by molar-refractivity contribution is 7.99. The number of nitrogens with zero attached hydrogens (tertiary/aromatic N) is 3. The maximum Gasteiger partial charge on any atom is 0.343 e. The zero-order chi connectivity index (χ0) is 13.1. The predicted octanol–water partition coefficient (Wildman–Crippen LogP) is 1.34. The number of carbonyl (C=O) groups is 1. The molecule has 0 amide bonds. The molecule has 2 rings (SSSR count). The van der Waals surface area contributed by atoms with Gasteiger partial charge in [0.1, 0.15) is 5.03 Å². The first-order valence-electron chi connectivity index (χ1n) is 5.42. The first-order chi connectivity index (χ1) is 8.63. The van der Waals surface area contributed by atoms with Gasteiger partial charge < -0.3 is 0 Å². The van der Waals surface area contributed by atoms with E-state index in [-0.39, 0.29) is 11.5 Å². The molecule has 0 saturated heterocycles. The number of nitrogens with one attached hydrogen (secondary N) is 1. The highest BCUT2D eigenvalue weighted by atomic mass is 32.2. The average molecular weight is 264 g/mol. The number of ketones is 1. The van der Waals surface area contributed by atoms with Crippen LogP contribution in [0.15, 0.2) is 33.3 Å². The molecule has 0 bridgehead atoms. The first kappa shape index (κ1) is 12.6.